The molecule has 0 amide bonds. The number of carbonyl (C=O) groups excluding carboxylic acids is 1. The molecule has 1 aliphatic heterocycles. The number of nitrogens with one attached hydrogen (secondary N) is 1. The topological polar surface area (TPSA) is 59.8 Å². The minimum atomic E-state index is -0.431. The molecular weight excluding hydrogens is 427 g/mol. The number of ketones is 1. The standard InChI is InChI=1S/C21H18Cl2N4OS/c1-12-18(13(2)28)19(15-8-4-6-10-17(15)23)27-20(24-12)25-21(26-27)29-11-14-7-3-5-9-16(14)22/h3-10,19H,11H2,1-2H3,(H,24,25,26). The van der Waals surface area contributed by atoms with Crippen LogP contribution in [-0.4, -0.2) is 20.5 Å². The average molecular weight is 445 g/mol. The number of Topliss-reactive ketones (excluding diaryl/α,β-unsaturated/α-hetero) is 1. The largest absolute Gasteiger partial charge is 0.328 e. The van der Waals surface area contributed by atoms with Crippen molar-refractivity contribution in [3.05, 3.63) is 81.0 Å². The number of rotatable bonds is 5. The summed E-state index contributed by atoms with van der Waals surface area (Å²) < 4.78 is 1.74. The molecule has 0 radical (unpaired) electrons. The first-order valence-corrected chi connectivity index (χ1v) is 10.8. The van der Waals surface area contributed by atoms with Gasteiger partial charge in [0, 0.05) is 32.6 Å². The Morgan fingerprint density at radius 3 is 2.52 bits per heavy atom. The zero-order chi connectivity index (χ0) is 20.5. The normalized spacial score (nSPS) is 15.8. The minimum Gasteiger partial charge on any atom is -0.328 e. The molecule has 0 fully saturated rings. The Kier molecular flexibility index (Phi) is 5.67. The van der Waals surface area contributed by atoms with E-state index in [2.05, 4.69) is 15.4 Å². The van der Waals surface area contributed by atoms with Gasteiger partial charge in [0.2, 0.25) is 11.1 Å². The molecule has 0 bridgehead atoms. The predicted octanol–water partition coefficient (Wildman–Crippen LogP) is 5.76. The van der Waals surface area contributed by atoms with Gasteiger partial charge >= 0.3 is 0 Å². The van der Waals surface area contributed by atoms with Crippen molar-refractivity contribution in [1.29, 1.82) is 0 Å². The number of anilines is 1. The van der Waals surface area contributed by atoms with Crippen LogP contribution in [0.4, 0.5) is 5.95 Å². The Labute approximate surface area is 183 Å². The van der Waals surface area contributed by atoms with Crippen LogP contribution in [0, 0.1) is 0 Å². The molecule has 0 spiro atoms. The Morgan fingerprint density at radius 1 is 1.14 bits per heavy atom. The van der Waals surface area contributed by atoms with Gasteiger partial charge in [-0.3, -0.25) is 4.79 Å². The molecule has 3 aromatic rings. The monoisotopic (exact) mass is 444 g/mol. The molecule has 1 N–H and O–H groups in total. The molecule has 2 aromatic carbocycles. The summed E-state index contributed by atoms with van der Waals surface area (Å²) in [5.74, 6) is 1.19. The number of carbonyl (C=O) groups is 1. The molecular formula is C21H18Cl2N4OS. The van der Waals surface area contributed by atoms with Crippen LogP contribution in [0.2, 0.25) is 10.0 Å². The number of nitrogens with zero attached hydrogens (tertiary/aromatic N) is 3. The fourth-order valence-corrected chi connectivity index (χ4v) is 4.74. The van der Waals surface area contributed by atoms with E-state index in [0.717, 1.165) is 16.8 Å². The highest BCUT2D eigenvalue weighted by molar-refractivity contribution is 7.98. The lowest BCUT2D eigenvalue weighted by molar-refractivity contribution is -0.114. The summed E-state index contributed by atoms with van der Waals surface area (Å²) in [5.41, 5.74) is 3.21. The Bertz CT molecular complexity index is 1130. The van der Waals surface area contributed by atoms with Crippen LogP contribution < -0.4 is 5.32 Å². The van der Waals surface area contributed by atoms with Crippen LogP contribution in [0.15, 0.2) is 65.0 Å². The van der Waals surface area contributed by atoms with Crippen LogP contribution in [0.25, 0.3) is 0 Å². The lowest BCUT2D eigenvalue weighted by atomic mass is 9.93. The van der Waals surface area contributed by atoms with Gasteiger partial charge in [-0.1, -0.05) is 71.4 Å². The van der Waals surface area contributed by atoms with E-state index in [9.17, 15) is 4.79 Å². The number of halogens is 2. The first-order chi connectivity index (χ1) is 14.0. The smallest absolute Gasteiger partial charge is 0.227 e. The number of thioether (sulfide) groups is 1. The van der Waals surface area contributed by atoms with Crippen LogP contribution in [0.3, 0.4) is 0 Å². The number of allylic oxidation sites excluding steroid dienone is 2. The van der Waals surface area contributed by atoms with Gasteiger partial charge in [-0.05, 0) is 31.5 Å². The van der Waals surface area contributed by atoms with Crippen molar-refractivity contribution in [3.63, 3.8) is 0 Å². The van der Waals surface area contributed by atoms with Crippen LogP contribution in [0.5, 0.6) is 0 Å². The van der Waals surface area contributed by atoms with Gasteiger partial charge in [-0.25, -0.2) is 4.68 Å². The third kappa shape index (κ3) is 3.92. The molecule has 4 rings (SSSR count). The molecule has 148 valence electrons. The summed E-state index contributed by atoms with van der Waals surface area (Å²) in [5, 5.41) is 9.78. The van der Waals surface area contributed by atoms with E-state index in [1.165, 1.54) is 11.8 Å². The molecule has 2 heterocycles. The number of hydrogen-bond acceptors (Lipinski definition) is 5. The summed E-state index contributed by atoms with van der Waals surface area (Å²) in [6, 6.07) is 14.8. The van der Waals surface area contributed by atoms with Crippen molar-refractivity contribution < 1.29 is 4.79 Å². The number of fused-ring (bicyclic) bond motifs is 1. The van der Waals surface area contributed by atoms with Crippen molar-refractivity contribution in [1.82, 2.24) is 14.8 Å². The van der Waals surface area contributed by atoms with E-state index in [0.29, 0.717) is 32.5 Å². The highest BCUT2D eigenvalue weighted by atomic mass is 35.5. The number of benzene rings is 2. The first kappa shape index (κ1) is 20.0. The van der Waals surface area contributed by atoms with Gasteiger partial charge in [0.05, 0.1) is 0 Å². The minimum absolute atomic E-state index is 0.0358. The molecule has 1 aromatic heterocycles. The average Bonchev–Trinajstić information content (AvgIpc) is 3.09. The van der Waals surface area contributed by atoms with Gasteiger partial charge < -0.3 is 5.32 Å². The molecule has 29 heavy (non-hydrogen) atoms. The third-order valence-electron chi connectivity index (χ3n) is 4.73. The second-order valence-electron chi connectivity index (χ2n) is 6.69. The third-order valence-corrected chi connectivity index (χ3v) is 6.33. The zero-order valence-electron chi connectivity index (χ0n) is 15.8. The van der Waals surface area contributed by atoms with Gasteiger partial charge in [-0.2, -0.15) is 4.98 Å². The summed E-state index contributed by atoms with van der Waals surface area (Å²) >= 11 is 14.2. The number of aromatic nitrogens is 3. The molecule has 1 unspecified atom stereocenters. The maximum Gasteiger partial charge on any atom is 0.227 e. The van der Waals surface area contributed by atoms with E-state index < -0.39 is 6.04 Å². The molecule has 1 atom stereocenters. The van der Waals surface area contributed by atoms with Crippen molar-refractivity contribution in [2.45, 2.75) is 30.8 Å². The molecule has 1 aliphatic rings. The molecule has 0 saturated carbocycles. The predicted molar refractivity (Wildman–Crippen MR) is 118 cm³/mol. The van der Waals surface area contributed by atoms with Gasteiger partial charge in [0.1, 0.15) is 6.04 Å². The fraction of sp³-hybridized carbons (Fsp3) is 0.190. The maximum atomic E-state index is 12.4. The van der Waals surface area contributed by atoms with Crippen LogP contribution >= 0.6 is 35.0 Å². The molecule has 8 heteroatoms. The second-order valence-corrected chi connectivity index (χ2v) is 8.44. The highest BCUT2D eigenvalue weighted by Gasteiger charge is 2.33. The fourth-order valence-electron chi connectivity index (χ4n) is 3.39. The summed E-state index contributed by atoms with van der Waals surface area (Å²) in [6.07, 6.45) is 0. The molecule has 5 nitrogen and oxygen atoms in total. The molecule has 0 saturated heterocycles. The van der Waals surface area contributed by atoms with Crippen LogP contribution in [0.1, 0.15) is 31.0 Å². The summed E-state index contributed by atoms with van der Waals surface area (Å²) in [6.45, 7) is 3.43. The Morgan fingerprint density at radius 2 is 1.83 bits per heavy atom. The zero-order valence-corrected chi connectivity index (χ0v) is 18.1. The Hall–Kier alpha value is -2.28. The molecule has 0 aliphatic carbocycles. The lowest BCUT2D eigenvalue weighted by Gasteiger charge is -2.28. The SMILES string of the molecule is CC(=O)C1=C(C)Nc2nc(SCc3ccccc3Cl)nn2C1c1ccccc1Cl. The Balaban J connectivity index is 1.72. The first-order valence-electron chi connectivity index (χ1n) is 9.01. The van der Waals surface area contributed by atoms with Crippen LogP contribution in [-0.2, 0) is 10.5 Å². The van der Waals surface area contributed by atoms with Gasteiger partial charge in [0.15, 0.2) is 5.78 Å². The van der Waals surface area contributed by atoms with E-state index in [4.69, 9.17) is 23.2 Å². The van der Waals surface area contributed by atoms with Gasteiger partial charge in [0.25, 0.3) is 0 Å². The summed E-state index contributed by atoms with van der Waals surface area (Å²) in [7, 11) is 0. The quantitative estimate of drug-likeness (QED) is 0.507. The van der Waals surface area contributed by atoms with Crippen molar-refractivity contribution in [2.75, 3.05) is 5.32 Å². The summed E-state index contributed by atoms with van der Waals surface area (Å²) in [4.78, 5) is 17.1. The number of hydrogen-bond donors (Lipinski definition) is 1. The van der Waals surface area contributed by atoms with E-state index in [1.807, 2.05) is 55.5 Å². The van der Waals surface area contributed by atoms with Gasteiger partial charge in [-0.15, -0.1) is 5.10 Å². The van der Waals surface area contributed by atoms with Crippen molar-refractivity contribution >= 4 is 46.7 Å². The van der Waals surface area contributed by atoms with E-state index in [1.54, 1.807) is 11.6 Å². The van der Waals surface area contributed by atoms with Crippen molar-refractivity contribution in [3.8, 4) is 0 Å². The second kappa shape index (κ2) is 8.22. The van der Waals surface area contributed by atoms with Crippen molar-refractivity contribution in [2.24, 2.45) is 0 Å². The lowest BCUT2D eigenvalue weighted by Crippen LogP contribution is -2.28. The maximum absolute atomic E-state index is 12.4. The highest BCUT2D eigenvalue weighted by Crippen LogP contribution is 2.39. The van der Waals surface area contributed by atoms with E-state index in [-0.39, 0.29) is 5.78 Å². The van der Waals surface area contributed by atoms with E-state index >= 15 is 0 Å².